The van der Waals surface area contributed by atoms with Crippen molar-refractivity contribution in [2.75, 3.05) is 0 Å². The van der Waals surface area contributed by atoms with Crippen LogP contribution in [-0.4, -0.2) is 26.1 Å². The number of carbonyl (C=O) groups is 1. The Bertz CT molecular complexity index is 886. The van der Waals surface area contributed by atoms with Crippen molar-refractivity contribution in [2.45, 2.75) is 6.42 Å². The summed E-state index contributed by atoms with van der Waals surface area (Å²) in [7, 11) is 0. The first-order chi connectivity index (χ1) is 11.5. The Kier molecular flexibility index (Phi) is 4.43. The molecule has 6 nitrogen and oxygen atoms in total. The zero-order chi connectivity index (χ0) is 17.1. The van der Waals surface area contributed by atoms with Crippen molar-refractivity contribution in [1.82, 2.24) is 15.2 Å². The van der Waals surface area contributed by atoms with Crippen molar-refractivity contribution in [1.29, 1.82) is 0 Å². The van der Waals surface area contributed by atoms with Crippen LogP contribution in [0.15, 0.2) is 47.3 Å². The number of furan rings is 1. The highest BCUT2D eigenvalue weighted by Gasteiger charge is 2.18. The molecule has 0 aliphatic carbocycles. The number of rotatable bonds is 5. The second kappa shape index (κ2) is 6.67. The van der Waals surface area contributed by atoms with Crippen LogP contribution in [0, 0.1) is 5.82 Å². The van der Waals surface area contributed by atoms with Gasteiger partial charge in [-0.1, -0.05) is 23.7 Å². The third-order valence-electron chi connectivity index (χ3n) is 3.26. The summed E-state index contributed by atoms with van der Waals surface area (Å²) >= 11 is 6.17. The molecule has 122 valence electrons. The predicted molar refractivity (Wildman–Crippen MR) is 84.2 cm³/mol. The zero-order valence-electron chi connectivity index (χ0n) is 12.2. The molecule has 2 N–H and O–H groups in total. The number of halogens is 2. The van der Waals surface area contributed by atoms with Crippen LogP contribution in [0.4, 0.5) is 4.39 Å². The van der Waals surface area contributed by atoms with Crippen molar-refractivity contribution < 1.29 is 18.7 Å². The number of aromatic amines is 1. The van der Waals surface area contributed by atoms with Crippen LogP contribution in [0.2, 0.25) is 5.02 Å². The molecule has 0 aliphatic rings. The highest BCUT2D eigenvalue weighted by molar-refractivity contribution is 6.35. The summed E-state index contributed by atoms with van der Waals surface area (Å²) < 4.78 is 18.2. The van der Waals surface area contributed by atoms with Gasteiger partial charge in [-0.3, -0.25) is 9.89 Å². The van der Waals surface area contributed by atoms with E-state index in [1.54, 1.807) is 12.1 Å². The standard InChI is InChI=1S/C16H11ClFN3O3/c17-15-11(12(22)6-13(23)16-19-8-20-21-16)7-24-14(15)5-9-1-3-10(18)4-2-9/h1-4,6-8,23H,5H2,(H,19,20,21). The van der Waals surface area contributed by atoms with Gasteiger partial charge >= 0.3 is 0 Å². The fourth-order valence-electron chi connectivity index (χ4n) is 2.06. The largest absolute Gasteiger partial charge is 0.504 e. The number of aliphatic hydroxyl groups is 1. The number of aromatic nitrogens is 3. The molecule has 0 fully saturated rings. The number of benzene rings is 1. The second-order valence-electron chi connectivity index (χ2n) is 4.91. The monoisotopic (exact) mass is 347 g/mol. The van der Waals surface area contributed by atoms with Gasteiger partial charge in [0, 0.05) is 12.5 Å². The Morgan fingerprint density at radius 1 is 1.38 bits per heavy atom. The molecule has 2 aromatic heterocycles. The number of hydrogen-bond acceptors (Lipinski definition) is 5. The van der Waals surface area contributed by atoms with E-state index in [0.29, 0.717) is 12.2 Å². The Morgan fingerprint density at radius 2 is 2.12 bits per heavy atom. The summed E-state index contributed by atoms with van der Waals surface area (Å²) in [6.45, 7) is 0. The van der Waals surface area contributed by atoms with Gasteiger partial charge in [-0.05, 0) is 17.7 Å². The first-order valence-corrected chi connectivity index (χ1v) is 7.24. The molecule has 0 radical (unpaired) electrons. The molecule has 3 rings (SSSR count). The molecule has 0 aliphatic heterocycles. The van der Waals surface area contributed by atoms with Crippen molar-refractivity contribution in [3.05, 3.63) is 76.5 Å². The van der Waals surface area contributed by atoms with Crippen LogP contribution >= 0.6 is 11.6 Å². The molecule has 1 aromatic carbocycles. The van der Waals surface area contributed by atoms with E-state index in [4.69, 9.17) is 16.0 Å². The van der Waals surface area contributed by atoms with Gasteiger partial charge in [0.05, 0.1) is 10.6 Å². The summed E-state index contributed by atoms with van der Waals surface area (Å²) in [6.07, 6.45) is 3.76. The molecule has 3 aromatic rings. The van der Waals surface area contributed by atoms with Crippen LogP contribution in [0.25, 0.3) is 5.76 Å². The van der Waals surface area contributed by atoms with Gasteiger partial charge in [0.15, 0.2) is 11.5 Å². The van der Waals surface area contributed by atoms with Gasteiger partial charge in [-0.25, -0.2) is 9.37 Å². The molecule has 0 amide bonds. The highest BCUT2D eigenvalue weighted by atomic mass is 35.5. The maximum absolute atomic E-state index is 12.9. The third kappa shape index (κ3) is 3.36. The van der Waals surface area contributed by atoms with Crippen LogP contribution in [0.1, 0.15) is 27.5 Å². The SMILES string of the molecule is O=C(C=C(O)c1nc[nH]n1)c1coc(Cc2ccc(F)cc2)c1Cl. The number of ketones is 1. The molecule has 0 saturated carbocycles. The van der Waals surface area contributed by atoms with Gasteiger partial charge in [-0.2, -0.15) is 5.10 Å². The lowest BCUT2D eigenvalue weighted by Crippen LogP contribution is -1.97. The van der Waals surface area contributed by atoms with E-state index in [-0.39, 0.29) is 22.2 Å². The van der Waals surface area contributed by atoms with Crippen molar-refractivity contribution in [3.8, 4) is 0 Å². The predicted octanol–water partition coefficient (Wildman–Crippen LogP) is 3.56. The van der Waals surface area contributed by atoms with E-state index in [2.05, 4.69) is 15.2 Å². The quantitative estimate of drug-likeness (QED) is 0.418. The Balaban J connectivity index is 1.80. The molecule has 0 spiro atoms. The molecule has 0 atom stereocenters. The summed E-state index contributed by atoms with van der Waals surface area (Å²) in [5.74, 6) is -0.908. The van der Waals surface area contributed by atoms with Crippen molar-refractivity contribution >= 4 is 23.1 Å². The Hall–Kier alpha value is -2.93. The molecular formula is C16H11ClFN3O3. The van der Waals surface area contributed by atoms with Crippen molar-refractivity contribution in [2.24, 2.45) is 0 Å². The van der Waals surface area contributed by atoms with Gasteiger partial charge in [0.1, 0.15) is 24.2 Å². The highest BCUT2D eigenvalue weighted by Crippen LogP contribution is 2.27. The number of nitrogens with one attached hydrogen (secondary N) is 1. The van der Waals surface area contributed by atoms with Gasteiger partial charge in [0.2, 0.25) is 5.82 Å². The molecule has 2 heterocycles. The average molecular weight is 348 g/mol. The maximum Gasteiger partial charge on any atom is 0.215 e. The number of H-pyrrole nitrogens is 1. The van der Waals surface area contributed by atoms with Crippen molar-refractivity contribution in [3.63, 3.8) is 0 Å². The maximum atomic E-state index is 12.9. The second-order valence-corrected chi connectivity index (χ2v) is 5.28. The van der Waals surface area contributed by atoms with E-state index in [1.165, 1.54) is 24.7 Å². The van der Waals surface area contributed by atoms with E-state index >= 15 is 0 Å². The average Bonchev–Trinajstić information content (AvgIpc) is 3.20. The lowest BCUT2D eigenvalue weighted by atomic mass is 10.1. The third-order valence-corrected chi connectivity index (χ3v) is 3.67. The van der Waals surface area contributed by atoms with E-state index in [1.807, 2.05) is 0 Å². The number of aliphatic hydroxyl groups excluding tert-OH is 1. The molecule has 0 saturated heterocycles. The zero-order valence-corrected chi connectivity index (χ0v) is 12.9. The minimum Gasteiger partial charge on any atom is -0.504 e. The Morgan fingerprint density at radius 3 is 2.79 bits per heavy atom. The summed E-state index contributed by atoms with van der Waals surface area (Å²) in [5.41, 5.74) is 0.890. The fourth-order valence-corrected chi connectivity index (χ4v) is 2.30. The topological polar surface area (TPSA) is 92.0 Å². The molecule has 24 heavy (non-hydrogen) atoms. The van der Waals surface area contributed by atoms with Gasteiger partial charge < -0.3 is 9.52 Å². The van der Waals surface area contributed by atoms with Gasteiger partial charge in [-0.15, -0.1) is 0 Å². The number of allylic oxidation sites excluding steroid dienone is 1. The lowest BCUT2D eigenvalue weighted by molar-refractivity contribution is 0.104. The minimum absolute atomic E-state index is 0.00509. The Labute approximate surface area is 140 Å². The van der Waals surface area contributed by atoms with Crippen LogP contribution in [-0.2, 0) is 6.42 Å². The van der Waals surface area contributed by atoms with Crippen LogP contribution < -0.4 is 0 Å². The number of nitrogens with zero attached hydrogens (tertiary/aromatic N) is 2. The van der Waals surface area contributed by atoms with Gasteiger partial charge in [0.25, 0.3) is 0 Å². The van der Waals surface area contributed by atoms with Crippen LogP contribution in [0.5, 0.6) is 0 Å². The molecule has 0 bridgehead atoms. The van der Waals surface area contributed by atoms with Crippen LogP contribution in [0.3, 0.4) is 0 Å². The summed E-state index contributed by atoms with van der Waals surface area (Å²) in [5, 5.41) is 16.0. The fraction of sp³-hybridized carbons (Fsp3) is 0.0625. The minimum atomic E-state index is -0.545. The first-order valence-electron chi connectivity index (χ1n) is 6.86. The molecule has 8 heteroatoms. The normalized spacial score (nSPS) is 11.7. The first kappa shape index (κ1) is 15.9. The number of hydrogen-bond donors (Lipinski definition) is 2. The summed E-state index contributed by atoms with van der Waals surface area (Å²) in [4.78, 5) is 15.9. The molecular weight excluding hydrogens is 337 g/mol. The molecule has 0 unspecified atom stereocenters. The van der Waals surface area contributed by atoms with E-state index in [9.17, 15) is 14.3 Å². The van der Waals surface area contributed by atoms with E-state index in [0.717, 1.165) is 11.6 Å². The number of carbonyl (C=O) groups excluding carboxylic acids is 1. The lowest BCUT2D eigenvalue weighted by Gasteiger charge is -1.99. The summed E-state index contributed by atoms with van der Waals surface area (Å²) in [6, 6.07) is 5.86. The van der Waals surface area contributed by atoms with E-state index < -0.39 is 11.5 Å². The smallest absolute Gasteiger partial charge is 0.215 e.